The molecule has 0 aliphatic rings. The number of carboxylic acids is 1. The molecule has 0 aromatic heterocycles. The van der Waals surface area contributed by atoms with Gasteiger partial charge < -0.3 is 20.8 Å². The van der Waals surface area contributed by atoms with Crippen LogP contribution in [-0.4, -0.2) is 40.1 Å². The Morgan fingerprint density at radius 1 is 0.931 bits per heavy atom. The Hall–Kier alpha value is -1.89. The Balaban J connectivity index is 2.17. The van der Waals surface area contributed by atoms with Crippen LogP contribution in [-0.2, 0) is 27.2 Å². The van der Waals surface area contributed by atoms with Gasteiger partial charge in [0, 0.05) is 19.8 Å². The Morgan fingerprint density at radius 3 is 2.00 bits per heavy atom. The SMILES string of the molecule is CC(=O)N[C@H](Cc1ccccc1)C(=O)N[C@H](Cc1cc(I)c(O)c(I)c1)C(=O)O. The lowest BCUT2D eigenvalue weighted by atomic mass is 10.0. The molecule has 0 heterocycles. The summed E-state index contributed by atoms with van der Waals surface area (Å²) >= 11 is 3.93. The van der Waals surface area contributed by atoms with Gasteiger partial charge in [-0.05, 0) is 68.4 Å². The van der Waals surface area contributed by atoms with E-state index in [0.29, 0.717) is 12.7 Å². The van der Waals surface area contributed by atoms with Gasteiger partial charge in [0.1, 0.15) is 17.8 Å². The van der Waals surface area contributed by atoms with Crippen LogP contribution in [0.3, 0.4) is 0 Å². The van der Waals surface area contributed by atoms with Gasteiger partial charge in [0.25, 0.3) is 0 Å². The number of aliphatic carboxylic acids is 1. The van der Waals surface area contributed by atoms with Crippen molar-refractivity contribution in [2.24, 2.45) is 0 Å². The summed E-state index contributed by atoms with van der Waals surface area (Å²) in [6, 6.07) is 10.4. The number of phenols is 1. The van der Waals surface area contributed by atoms with Gasteiger partial charge in [0.2, 0.25) is 11.8 Å². The fraction of sp³-hybridized carbons (Fsp3) is 0.250. The minimum Gasteiger partial charge on any atom is -0.506 e. The number of halogens is 2. The number of hydrogen-bond acceptors (Lipinski definition) is 4. The van der Waals surface area contributed by atoms with Crippen LogP contribution in [0.15, 0.2) is 42.5 Å². The molecule has 0 fully saturated rings. The highest BCUT2D eigenvalue weighted by atomic mass is 127. The molecule has 4 N–H and O–H groups in total. The first-order valence-electron chi connectivity index (χ1n) is 8.68. The van der Waals surface area contributed by atoms with Gasteiger partial charge in [-0.1, -0.05) is 30.3 Å². The minimum atomic E-state index is -1.18. The number of phenolic OH excluding ortho intramolecular Hbond substituents is 1. The molecule has 9 heteroatoms. The van der Waals surface area contributed by atoms with Crippen LogP contribution in [0.4, 0.5) is 0 Å². The second-order valence-corrected chi connectivity index (χ2v) is 8.78. The summed E-state index contributed by atoms with van der Waals surface area (Å²) in [4.78, 5) is 36.0. The van der Waals surface area contributed by atoms with Gasteiger partial charge >= 0.3 is 5.97 Å². The fourth-order valence-electron chi connectivity index (χ4n) is 2.75. The first-order valence-corrected chi connectivity index (χ1v) is 10.8. The average molecular weight is 622 g/mol. The molecule has 2 rings (SSSR count). The molecule has 0 saturated heterocycles. The monoisotopic (exact) mass is 622 g/mol. The second-order valence-electron chi connectivity index (χ2n) is 6.45. The molecule has 0 bridgehead atoms. The maximum Gasteiger partial charge on any atom is 0.326 e. The Bertz CT molecular complexity index is 882. The van der Waals surface area contributed by atoms with Gasteiger partial charge in [0.15, 0.2) is 0 Å². The quantitative estimate of drug-likeness (QED) is 0.338. The fourth-order valence-corrected chi connectivity index (χ4v) is 4.65. The van der Waals surface area contributed by atoms with E-state index in [2.05, 4.69) is 10.6 Å². The number of rotatable bonds is 8. The van der Waals surface area contributed by atoms with Crippen molar-refractivity contribution in [1.29, 1.82) is 0 Å². The van der Waals surface area contributed by atoms with Gasteiger partial charge in [0.05, 0.1) is 7.14 Å². The Kier molecular flexibility index (Phi) is 8.68. The summed E-state index contributed by atoms with van der Waals surface area (Å²) in [6.07, 6.45) is 0.291. The Labute approximate surface area is 195 Å². The normalized spacial score (nSPS) is 12.7. The zero-order valence-corrected chi connectivity index (χ0v) is 19.8. The van der Waals surface area contributed by atoms with Crippen LogP contribution in [0.25, 0.3) is 0 Å². The van der Waals surface area contributed by atoms with Crippen LogP contribution >= 0.6 is 45.2 Å². The number of carbonyl (C=O) groups is 3. The van der Waals surface area contributed by atoms with Gasteiger partial charge in [-0.3, -0.25) is 9.59 Å². The van der Waals surface area contributed by atoms with E-state index in [-0.39, 0.29) is 24.5 Å². The number of amides is 2. The van der Waals surface area contributed by atoms with E-state index in [1.807, 2.05) is 75.5 Å². The van der Waals surface area contributed by atoms with E-state index < -0.39 is 24.0 Å². The molecule has 0 aliphatic carbocycles. The third kappa shape index (κ3) is 7.14. The Morgan fingerprint density at radius 2 is 1.48 bits per heavy atom. The van der Waals surface area contributed by atoms with Crippen molar-refractivity contribution < 1.29 is 24.6 Å². The van der Waals surface area contributed by atoms with Crippen LogP contribution in [0.1, 0.15) is 18.1 Å². The number of hydrogen-bond donors (Lipinski definition) is 4. The number of carbonyl (C=O) groups excluding carboxylic acids is 2. The summed E-state index contributed by atoms with van der Waals surface area (Å²) < 4.78 is 1.19. The molecule has 2 atom stereocenters. The molecule has 2 aromatic carbocycles. The highest BCUT2D eigenvalue weighted by Gasteiger charge is 2.26. The largest absolute Gasteiger partial charge is 0.506 e. The van der Waals surface area contributed by atoms with E-state index in [4.69, 9.17) is 0 Å². The molecule has 2 aromatic rings. The van der Waals surface area contributed by atoms with Gasteiger partial charge in [-0.15, -0.1) is 0 Å². The molecule has 0 radical (unpaired) electrons. The zero-order chi connectivity index (χ0) is 21.6. The number of nitrogens with one attached hydrogen (secondary N) is 2. The first kappa shape index (κ1) is 23.4. The maximum absolute atomic E-state index is 12.7. The van der Waals surface area contributed by atoms with E-state index in [9.17, 15) is 24.6 Å². The summed E-state index contributed by atoms with van der Waals surface area (Å²) in [6.45, 7) is 1.31. The van der Waals surface area contributed by atoms with Crippen LogP contribution in [0, 0.1) is 7.14 Å². The minimum absolute atomic E-state index is 0.0471. The molecule has 0 spiro atoms. The smallest absolute Gasteiger partial charge is 0.326 e. The van der Waals surface area contributed by atoms with Crippen molar-refractivity contribution >= 4 is 63.0 Å². The van der Waals surface area contributed by atoms with Crippen LogP contribution in [0.2, 0.25) is 0 Å². The van der Waals surface area contributed by atoms with Gasteiger partial charge in [-0.2, -0.15) is 0 Å². The molecule has 0 aliphatic heterocycles. The van der Waals surface area contributed by atoms with E-state index in [1.54, 1.807) is 12.1 Å². The van der Waals surface area contributed by atoms with Crippen molar-refractivity contribution in [2.45, 2.75) is 31.8 Å². The van der Waals surface area contributed by atoms with E-state index in [1.165, 1.54) is 6.92 Å². The molecule has 0 saturated carbocycles. The highest BCUT2D eigenvalue weighted by molar-refractivity contribution is 14.1. The molecule has 2 amide bonds. The third-order valence-corrected chi connectivity index (χ3v) is 5.75. The van der Waals surface area contributed by atoms with Crippen molar-refractivity contribution in [3.8, 4) is 5.75 Å². The lowest BCUT2D eigenvalue weighted by Crippen LogP contribution is -2.52. The maximum atomic E-state index is 12.7. The number of aromatic hydroxyl groups is 1. The van der Waals surface area contributed by atoms with Gasteiger partial charge in [-0.25, -0.2) is 4.79 Å². The van der Waals surface area contributed by atoms with E-state index in [0.717, 1.165) is 5.56 Å². The first-order chi connectivity index (χ1) is 13.7. The number of carboxylic acid groups (broad SMARTS) is 1. The van der Waals surface area contributed by atoms with Crippen LogP contribution < -0.4 is 10.6 Å². The van der Waals surface area contributed by atoms with Crippen molar-refractivity contribution in [3.05, 3.63) is 60.7 Å². The highest BCUT2D eigenvalue weighted by Crippen LogP contribution is 2.27. The lowest BCUT2D eigenvalue weighted by molar-refractivity contribution is -0.142. The van der Waals surface area contributed by atoms with Crippen LogP contribution in [0.5, 0.6) is 5.75 Å². The zero-order valence-electron chi connectivity index (χ0n) is 15.5. The summed E-state index contributed by atoms with van der Waals surface area (Å²) in [5, 5.41) is 24.6. The third-order valence-electron chi connectivity index (χ3n) is 4.11. The predicted molar refractivity (Wildman–Crippen MR) is 125 cm³/mol. The average Bonchev–Trinajstić information content (AvgIpc) is 2.65. The second kappa shape index (κ2) is 10.8. The molecule has 29 heavy (non-hydrogen) atoms. The standard InChI is InChI=1S/C20H20I2N2O5/c1-11(25)23-16(9-12-5-3-2-4-6-12)19(27)24-17(20(28)29)10-13-7-14(21)18(26)15(22)8-13/h2-8,16-17,26H,9-10H2,1H3,(H,23,25)(H,24,27)(H,28,29)/t16-,17-/m1/s1. The molecular weight excluding hydrogens is 602 g/mol. The molecule has 154 valence electrons. The molecular formula is C20H20I2N2O5. The van der Waals surface area contributed by atoms with E-state index >= 15 is 0 Å². The van der Waals surface area contributed by atoms with Crippen molar-refractivity contribution in [2.75, 3.05) is 0 Å². The molecule has 0 unspecified atom stereocenters. The van der Waals surface area contributed by atoms with Crippen molar-refractivity contribution in [1.82, 2.24) is 10.6 Å². The molecule has 7 nitrogen and oxygen atoms in total. The summed E-state index contributed by atoms with van der Waals surface area (Å²) in [7, 11) is 0. The topological polar surface area (TPSA) is 116 Å². The lowest BCUT2D eigenvalue weighted by Gasteiger charge is -2.21. The number of benzene rings is 2. The van der Waals surface area contributed by atoms with Crippen molar-refractivity contribution in [3.63, 3.8) is 0 Å². The summed E-state index contributed by atoms with van der Waals surface area (Å²) in [5.74, 6) is -1.99. The summed E-state index contributed by atoms with van der Waals surface area (Å²) in [5.41, 5.74) is 1.51. The predicted octanol–water partition coefficient (Wildman–Crippen LogP) is 2.46.